The van der Waals surface area contributed by atoms with Crippen LogP contribution in [0, 0.1) is 11.7 Å². The zero-order valence-corrected chi connectivity index (χ0v) is 14.9. The number of hydrogen-bond acceptors (Lipinski definition) is 1. The first-order valence-electron chi connectivity index (χ1n) is 9.29. The van der Waals surface area contributed by atoms with Crippen LogP contribution in [-0.2, 0) is 0 Å². The van der Waals surface area contributed by atoms with E-state index in [2.05, 4.69) is 11.7 Å². The van der Waals surface area contributed by atoms with Crippen molar-refractivity contribution in [1.29, 1.82) is 0 Å². The Balaban J connectivity index is 1.75. The number of benzene rings is 2. The second-order valence-electron chi connectivity index (χ2n) is 7.27. The molecule has 0 amide bonds. The van der Waals surface area contributed by atoms with Crippen LogP contribution >= 0.6 is 0 Å². The Morgan fingerprint density at radius 1 is 1.04 bits per heavy atom. The van der Waals surface area contributed by atoms with Crippen LogP contribution in [0.3, 0.4) is 0 Å². The predicted octanol–water partition coefficient (Wildman–Crippen LogP) is 6.99. The fraction of sp³-hybridized carbons (Fsp3) is 0.524. The average molecular weight is 368 g/mol. The highest BCUT2D eigenvalue weighted by atomic mass is 19.4. The van der Waals surface area contributed by atoms with E-state index in [0.29, 0.717) is 16.7 Å². The van der Waals surface area contributed by atoms with E-state index >= 15 is 0 Å². The molecule has 0 aliphatic heterocycles. The van der Waals surface area contributed by atoms with Crippen molar-refractivity contribution in [3.8, 4) is 5.75 Å². The SMILES string of the molecule is CCCC1CCC(c2ccc3c(F)c(OCC(F)(F)F)ccc3c2)CC1. The van der Waals surface area contributed by atoms with Gasteiger partial charge in [-0.1, -0.05) is 44.0 Å². The summed E-state index contributed by atoms with van der Waals surface area (Å²) in [5.74, 6) is 0.215. The summed E-state index contributed by atoms with van der Waals surface area (Å²) in [6.07, 6.45) is 2.78. The van der Waals surface area contributed by atoms with Gasteiger partial charge in [0.25, 0.3) is 0 Å². The summed E-state index contributed by atoms with van der Waals surface area (Å²) in [7, 11) is 0. The van der Waals surface area contributed by atoms with Gasteiger partial charge in [0.15, 0.2) is 18.2 Å². The van der Waals surface area contributed by atoms with Gasteiger partial charge in [0, 0.05) is 5.39 Å². The minimum absolute atomic E-state index is 0.299. The summed E-state index contributed by atoms with van der Waals surface area (Å²) < 4.78 is 55.9. The molecule has 0 unspecified atom stereocenters. The first kappa shape index (κ1) is 19.0. The molecule has 1 fully saturated rings. The second kappa shape index (κ2) is 7.85. The zero-order valence-electron chi connectivity index (χ0n) is 14.9. The average Bonchev–Trinajstić information content (AvgIpc) is 2.61. The minimum Gasteiger partial charge on any atom is -0.481 e. The lowest BCUT2D eigenvalue weighted by Crippen LogP contribution is -2.19. The van der Waals surface area contributed by atoms with Crippen LogP contribution < -0.4 is 4.74 Å². The van der Waals surface area contributed by atoms with Gasteiger partial charge < -0.3 is 4.74 Å². The lowest BCUT2D eigenvalue weighted by molar-refractivity contribution is -0.153. The molecule has 1 saturated carbocycles. The van der Waals surface area contributed by atoms with Crippen molar-refractivity contribution in [2.45, 2.75) is 57.5 Å². The maximum Gasteiger partial charge on any atom is 0.422 e. The first-order chi connectivity index (χ1) is 12.4. The van der Waals surface area contributed by atoms with Crippen LogP contribution in [0.1, 0.15) is 56.9 Å². The van der Waals surface area contributed by atoms with Crippen LogP contribution in [0.25, 0.3) is 10.8 Å². The summed E-state index contributed by atoms with van der Waals surface area (Å²) in [5.41, 5.74) is 1.19. The molecule has 0 spiro atoms. The van der Waals surface area contributed by atoms with E-state index in [1.807, 2.05) is 12.1 Å². The number of halogens is 4. The molecule has 0 saturated heterocycles. The second-order valence-corrected chi connectivity index (χ2v) is 7.27. The molecule has 0 N–H and O–H groups in total. The van der Waals surface area contributed by atoms with Crippen LogP contribution in [-0.4, -0.2) is 12.8 Å². The molecule has 2 aromatic carbocycles. The summed E-state index contributed by atoms with van der Waals surface area (Å²) in [4.78, 5) is 0. The number of rotatable bonds is 5. The molecule has 0 bridgehead atoms. The smallest absolute Gasteiger partial charge is 0.422 e. The van der Waals surface area contributed by atoms with E-state index in [9.17, 15) is 17.6 Å². The summed E-state index contributed by atoms with van der Waals surface area (Å²) in [6, 6.07) is 8.46. The summed E-state index contributed by atoms with van der Waals surface area (Å²) in [6.45, 7) is 0.727. The highest BCUT2D eigenvalue weighted by Gasteiger charge is 2.29. The molecule has 26 heavy (non-hydrogen) atoms. The van der Waals surface area contributed by atoms with Gasteiger partial charge in [0.1, 0.15) is 0 Å². The predicted molar refractivity (Wildman–Crippen MR) is 95.1 cm³/mol. The zero-order chi connectivity index (χ0) is 18.7. The summed E-state index contributed by atoms with van der Waals surface area (Å²) >= 11 is 0. The molecule has 1 nitrogen and oxygen atoms in total. The van der Waals surface area contributed by atoms with Crippen LogP contribution in [0.4, 0.5) is 17.6 Å². The molecular weight excluding hydrogens is 344 g/mol. The molecule has 0 aromatic heterocycles. The molecule has 3 rings (SSSR count). The molecule has 1 aliphatic carbocycles. The van der Waals surface area contributed by atoms with Crippen LogP contribution in [0.2, 0.25) is 0 Å². The van der Waals surface area contributed by atoms with E-state index in [1.165, 1.54) is 37.3 Å². The molecule has 142 valence electrons. The van der Waals surface area contributed by atoms with E-state index in [4.69, 9.17) is 0 Å². The molecular formula is C21H24F4O. The Labute approximate surface area is 151 Å². The lowest BCUT2D eigenvalue weighted by atomic mass is 9.77. The third-order valence-electron chi connectivity index (χ3n) is 5.35. The molecule has 5 heteroatoms. The van der Waals surface area contributed by atoms with Gasteiger partial charge in [0.2, 0.25) is 0 Å². The van der Waals surface area contributed by atoms with Crippen LogP contribution in [0.5, 0.6) is 5.75 Å². The number of hydrogen-bond donors (Lipinski definition) is 0. The maximum absolute atomic E-state index is 14.5. The first-order valence-corrected chi connectivity index (χ1v) is 9.29. The topological polar surface area (TPSA) is 9.23 Å². The Hall–Kier alpha value is -1.78. The van der Waals surface area contributed by atoms with Crippen molar-refractivity contribution in [3.05, 3.63) is 41.7 Å². The number of ether oxygens (including phenoxy) is 1. The maximum atomic E-state index is 14.5. The Morgan fingerprint density at radius 2 is 1.77 bits per heavy atom. The van der Waals surface area contributed by atoms with Gasteiger partial charge in [0.05, 0.1) is 0 Å². The van der Waals surface area contributed by atoms with Gasteiger partial charge in [-0.05, 0) is 54.5 Å². The fourth-order valence-corrected chi connectivity index (χ4v) is 4.01. The van der Waals surface area contributed by atoms with Crippen LogP contribution in [0.15, 0.2) is 30.3 Å². The van der Waals surface area contributed by atoms with E-state index in [-0.39, 0.29) is 5.75 Å². The van der Waals surface area contributed by atoms with Gasteiger partial charge in [-0.2, -0.15) is 13.2 Å². The monoisotopic (exact) mass is 368 g/mol. The van der Waals surface area contributed by atoms with Gasteiger partial charge in [-0.15, -0.1) is 0 Å². The summed E-state index contributed by atoms with van der Waals surface area (Å²) in [5, 5.41) is 1.00. The quantitative estimate of drug-likeness (QED) is 0.517. The van der Waals surface area contributed by atoms with Gasteiger partial charge in [-0.25, -0.2) is 4.39 Å². The standard InChI is InChI=1S/C21H24F4O/c1-2-3-14-4-6-15(7-5-14)16-8-10-18-17(12-16)9-11-19(20(18)22)26-13-21(23,24)25/h8-12,14-15H,2-7,13H2,1H3. The third kappa shape index (κ3) is 4.49. The third-order valence-corrected chi connectivity index (χ3v) is 5.35. The van der Waals surface area contributed by atoms with E-state index in [1.54, 1.807) is 12.1 Å². The Bertz CT molecular complexity index is 745. The van der Waals surface area contributed by atoms with E-state index in [0.717, 1.165) is 18.8 Å². The minimum atomic E-state index is -4.48. The van der Waals surface area contributed by atoms with Crippen molar-refractivity contribution in [3.63, 3.8) is 0 Å². The highest BCUT2D eigenvalue weighted by molar-refractivity contribution is 5.85. The fourth-order valence-electron chi connectivity index (χ4n) is 4.01. The van der Waals surface area contributed by atoms with Crippen molar-refractivity contribution in [2.24, 2.45) is 5.92 Å². The number of fused-ring (bicyclic) bond motifs is 1. The Kier molecular flexibility index (Phi) is 5.73. The van der Waals surface area contributed by atoms with Crippen molar-refractivity contribution >= 4 is 10.8 Å². The van der Waals surface area contributed by atoms with Crippen molar-refractivity contribution in [2.75, 3.05) is 6.61 Å². The van der Waals surface area contributed by atoms with Gasteiger partial charge >= 0.3 is 6.18 Å². The molecule has 0 heterocycles. The molecule has 1 aliphatic rings. The Morgan fingerprint density at radius 3 is 2.42 bits per heavy atom. The normalized spacial score (nSPS) is 21.1. The van der Waals surface area contributed by atoms with E-state index < -0.39 is 18.6 Å². The van der Waals surface area contributed by atoms with Crippen molar-refractivity contribution < 1.29 is 22.3 Å². The van der Waals surface area contributed by atoms with Crippen molar-refractivity contribution in [1.82, 2.24) is 0 Å². The molecule has 0 atom stereocenters. The molecule has 0 radical (unpaired) electrons. The largest absolute Gasteiger partial charge is 0.481 e. The van der Waals surface area contributed by atoms with Gasteiger partial charge in [-0.3, -0.25) is 0 Å². The molecule has 2 aromatic rings. The lowest BCUT2D eigenvalue weighted by Gasteiger charge is -2.28. The number of alkyl halides is 3. The highest BCUT2D eigenvalue weighted by Crippen LogP contribution is 2.39.